The van der Waals surface area contributed by atoms with E-state index in [1.807, 2.05) is 0 Å². The van der Waals surface area contributed by atoms with Crippen molar-refractivity contribution in [1.29, 1.82) is 0 Å². The SMILES string of the molecule is O=POCCSC(F)(F)C(F)OC(F)(F)C(F)(F)C(F)(F)F. The molecule has 0 aliphatic carbocycles. The van der Waals surface area contributed by atoms with Crippen LogP contribution in [0.1, 0.15) is 0 Å². The molecule has 0 fully saturated rings. The van der Waals surface area contributed by atoms with Crippen LogP contribution in [0, 0.1) is 0 Å². The smallest absolute Gasteiger partial charge is 0.294 e. The highest BCUT2D eigenvalue weighted by Gasteiger charge is 2.75. The van der Waals surface area contributed by atoms with Crippen LogP contribution in [-0.2, 0) is 13.8 Å². The fourth-order valence-electron chi connectivity index (χ4n) is 0.755. The molecule has 1 atom stereocenters. The number of thioether (sulfide) groups is 1. The van der Waals surface area contributed by atoms with E-state index in [-0.39, 0.29) is 0 Å². The van der Waals surface area contributed by atoms with E-state index < -0.39 is 62.6 Å². The highest BCUT2D eigenvalue weighted by Crippen LogP contribution is 2.49. The largest absolute Gasteiger partial charge is 0.462 e. The van der Waals surface area contributed by atoms with E-state index in [4.69, 9.17) is 0 Å². The van der Waals surface area contributed by atoms with Gasteiger partial charge in [0.05, 0.1) is 6.61 Å². The van der Waals surface area contributed by atoms with Gasteiger partial charge in [0.1, 0.15) is 0 Å². The molecule has 0 radical (unpaired) electrons. The van der Waals surface area contributed by atoms with Crippen molar-refractivity contribution in [3.05, 3.63) is 0 Å². The fourth-order valence-corrected chi connectivity index (χ4v) is 1.66. The van der Waals surface area contributed by atoms with Gasteiger partial charge in [-0.2, -0.15) is 39.5 Å². The first-order chi connectivity index (χ1) is 9.69. The first-order valence-corrected chi connectivity index (χ1v) is 6.51. The molecule has 132 valence electrons. The number of hydrogen-bond donors (Lipinski definition) is 0. The summed E-state index contributed by atoms with van der Waals surface area (Å²) in [7, 11) is -0.928. The Kier molecular flexibility index (Phi) is 7.38. The van der Waals surface area contributed by atoms with Crippen LogP contribution in [0.15, 0.2) is 0 Å². The molecule has 22 heavy (non-hydrogen) atoms. The second kappa shape index (κ2) is 7.49. The molecule has 0 aliphatic rings. The fraction of sp³-hybridized carbons (Fsp3) is 1.00. The third-order valence-corrected chi connectivity index (χ3v) is 2.99. The summed E-state index contributed by atoms with van der Waals surface area (Å²) in [6.45, 7) is -0.673. The van der Waals surface area contributed by atoms with E-state index in [1.54, 1.807) is 0 Å². The van der Waals surface area contributed by atoms with E-state index in [0.717, 1.165) is 0 Å². The van der Waals surface area contributed by atoms with E-state index in [1.165, 1.54) is 0 Å². The van der Waals surface area contributed by atoms with Crippen molar-refractivity contribution in [3.8, 4) is 0 Å². The summed E-state index contributed by atoms with van der Waals surface area (Å²) < 4.78 is 140. The number of alkyl halides is 10. The molecule has 0 amide bonds. The van der Waals surface area contributed by atoms with Gasteiger partial charge in [0.15, 0.2) is 0 Å². The van der Waals surface area contributed by atoms with Gasteiger partial charge in [0.2, 0.25) is 0 Å². The molecule has 15 heteroatoms. The molecule has 0 saturated heterocycles. The van der Waals surface area contributed by atoms with Gasteiger partial charge in [0, 0.05) is 5.75 Å². The molecule has 0 aromatic carbocycles. The Morgan fingerprint density at radius 1 is 1.00 bits per heavy atom. The maximum Gasteiger partial charge on any atom is 0.462 e. The first-order valence-electron chi connectivity index (χ1n) is 4.79. The van der Waals surface area contributed by atoms with E-state index in [2.05, 4.69) is 9.26 Å². The molecule has 3 nitrogen and oxygen atoms in total. The van der Waals surface area contributed by atoms with Crippen molar-refractivity contribution in [2.24, 2.45) is 0 Å². The average Bonchev–Trinajstić information content (AvgIpc) is 2.32. The number of ether oxygens (including phenoxy) is 1. The summed E-state index contributed by atoms with van der Waals surface area (Å²) in [4.78, 5) is 0. The van der Waals surface area contributed by atoms with Crippen molar-refractivity contribution in [3.63, 3.8) is 0 Å². The second-order valence-electron chi connectivity index (χ2n) is 3.34. The zero-order valence-electron chi connectivity index (χ0n) is 9.85. The summed E-state index contributed by atoms with van der Waals surface area (Å²) in [6, 6.07) is 0. The highest BCUT2D eigenvalue weighted by atomic mass is 32.2. The first kappa shape index (κ1) is 21.7. The Balaban J connectivity index is 4.86. The summed E-state index contributed by atoms with van der Waals surface area (Å²) >= 11 is -0.776. The maximum atomic E-state index is 12.9. The van der Waals surface area contributed by atoms with Gasteiger partial charge in [-0.3, -0.25) is 9.26 Å². The summed E-state index contributed by atoms with van der Waals surface area (Å²) in [5.74, 6) is -7.72. The van der Waals surface area contributed by atoms with E-state index in [9.17, 15) is 48.5 Å². The van der Waals surface area contributed by atoms with Gasteiger partial charge in [0.25, 0.3) is 6.36 Å². The van der Waals surface area contributed by atoms with Crippen LogP contribution in [-0.4, -0.2) is 42.2 Å². The lowest BCUT2D eigenvalue weighted by Crippen LogP contribution is -2.55. The van der Waals surface area contributed by atoms with Crippen LogP contribution in [0.3, 0.4) is 0 Å². The minimum atomic E-state index is -6.88. The molecule has 0 heterocycles. The van der Waals surface area contributed by atoms with Crippen molar-refractivity contribution < 1.29 is 57.7 Å². The lowest BCUT2D eigenvalue weighted by molar-refractivity contribution is -0.446. The highest BCUT2D eigenvalue weighted by molar-refractivity contribution is 8.00. The standard InChI is InChI=1S/C7H5F10O3PS/c8-3(4(9,10)22-2-1-19-21-18)20-7(16,17)5(11,12)6(13,14)15/h3H,1-2H2. The van der Waals surface area contributed by atoms with Gasteiger partial charge < -0.3 is 0 Å². The summed E-state index contributed by atoms with van der Waals surface area (Å²) in [6.07, 6.45) is -17.9. The molecule has 0 saturated carbocycles. The second-order valence-corrected chi connectivity index (χ2v) is 4.99. The Morgan fingerprint density at radius 2 is 1.50 bits per heavy atom. The monoisotopic (exact) mass is 390 g/mol. The molecule has 0 bridgehead atoms. The Hall–Kier alpha value is -0.330. The van der Waals surface area contributed by atoms with Crippen LogP contribution in [0.25, 0.3) is 0 Å². The minimum Gasteiger partial charge on any atom is -0.294 e. The van der Waals surface area contributed by atoms with Crippen molar-refractivity contribution in [2.75, 3.05) is 12.4 Å². The molecular formula is C7H5F10O3PS. The zero-order valence-corrected chi connectivity index (χ0v) is 11.6. The van der Waals surface area contributed by atoms with Crippen LogP contribution >= 0.6 is 20.4 Å². The van der Waals surface area contributed by atoms with Crippen LogP contribution in [0.5, 0.6) is 0 Å². The zero-order chi connectivity index (χ0) is 17.8. The van der Waals surface area contributed by atoms with Gasteiger partial charge in [-0.15, -0.1) is 0 Å². The molecular weight excluding hydrogens is 385 g/mol. The van der Waals surface area contributed by atoms with Crippen LogP contribution < -0.4 is 0 Å². The van der Waals surface area contributed by atoms with Gasteiger partial charge in [-0.05, 0) is 0 Å². The molecule has 0 aliphatic heterocycles. The predicted molar refractivity (Wildman–Crippen MR) is 52.9 cm³/mol. The van der Waals surface area contributed by atoms with E-state index in [0.29, 0.717) is 0 Å². The third-order valence-electron chi connectivity index (χ3n) is 1.76. The van der Waals surface area contributed by atoms with Gasteiger partial charge >= 0.3 is 32.1 Å². The lowest BCUT2D eigenvalue weighted by atomic mass is 10.3. The number of rotatable bonds is 9. The lowest BCUT2D eigenvalue weighted by Gasteiger charge is -2.30. The topological polar surface area (TPSA) is 35.5 Å². The van der Waals surface area contributed by atoms with Crippen molar-refractivity contribution in [1.82, 2.24) is 0 Å². The normalized spacial score (nSPS) is 16.1. The molecule has 0 N–H and O–H groups in total. The maximum absolute atomic E-state index is 12.9. The Bertz CT molecular complexity index is 376. The quantitative estimate of drug-likeness (QED) is 0.327. The molecule has 0 aromatic heterocycles. The van der Waals surface area contributed by atoms with E-state index >= 15 is 0 Å². The Morgan fingerprint density at radius 3 is 1.91 bits per heavy atom. The molecule has 0 rings (SSSR count). The van der Waals surface area contributed by atoms with Crippen molar-refractivity contribution in [2.45, 2.75) is 29.8 Å². The van der Waals surface area contributed by atoms with Crippen molar-refractivity contribution >= 4 is 20.4 Å². The third kappa shape index (κ3) is 5.39. The van der Waals surface area contributed by atoms with Gasteiger partial charge in [-0.1, -0.05) is 11.8 Å². The summed E-state index contributed by atoms with van der Waals surface area (Å²) in [5, 5.41) is -4.88. The molecule has 1 unspecified atom stereocenters. The number of halogens is 10. The molecule has 0 spiro atoms. The predicted octanol–water partition coefficient (Wildman–Crippen LogP) is 4.64. The molecule has 0 aromatic rings. The Labute approximate surface area is 121 Å². The van der Waals surface area contributed by atoms with Gasteiger partial charge in [-0.25, -0.2) is 8.96 Å². The van der Waals surface area contributed by atoms with Crippen LogP contribution in [0.4, 0.5) is 43.9 Å². The van der Waals surface area contributed by atoms with Crippen LogP contribution in [0.2, 0.25) is 0 Å². The minimum absolute atomic E-state index is 0.673. The summed E-state index contributed by atoms with van der Waals surface area (Å²) in [5.41, 5.74) is 0. The average molecular weight is 390 g/mol. The number of hydrogen-bond acceptors (Lipinski definition) is 4.